The maximum Gasteiger partial charge on any atom is 0.341 e. The number of nitrogens with zero attached hydrogens (tertiary/aromatic N) is 1. The Labute approximate surface area is 156 Å². The normalized spacial score (nSPS) is 13.8. The molecule has 5 rings (SSSR count). The molecule has 0 amide bonds. The van der Waals surface area contributed by atoms with E-state index in [9.17, 15) is 13.2 Å². The van der Waals surface area contributed by atoms with Crippen molar-refractivity contribution in [2.24, 2.45) is 0 Å². The first kappa shape index (κ1) is 18.7. The van der Waals surface area contributed by atoms with Crippen LogP contribution in [0.2, 0.25) is 0 Å². The Bertz CT molecular complexity index is 1050. The van der Waals surface area contributed by atoms with Gasteiger partial charge in [-0.15, -0.1) is 0 Å². The molecule has 2 aliphatic rings. The molecule has 0 saturated carbocycles. The fourth-order valence-electron chi connectivity index (χ4n) is 2.54. The molecule has 0 atom stereocenters. The molecule has 7 nitrogen and oxygen atoms in total. The van der Waals surface area contributed by atoms with E-state index < -0.39 is 16.0 Å². The summed E-state index contributed by atoms with van der Waals surface area (Å²) >= 11 is 0. The number of nitrogens with one attached hydrogen (secondary N) is 1. The number of carboxylic acid groups (broad SMARTS) is 1. The summed E-state index contributed by atoms with van der Waals surface area (Å²) in [6, 6.07) is 16.3. The number of sulfonamides is 1. The third kappa shape index (κ3) is 5.18. The van der Waals surface area contributed by atoms with Gasteiger partial charge in [0.1, 0.15) is 5.75 Å². The van der Waals surface area contributed by atoms with Crippen molar-refractivity contribution in [3.8, 4) is 5.75 Å². The number of fused-ring (bicyclic) bond motifs is 5. The van der Waals surface area contributed by atoms with Crippen molar-refractivity contribution in [3.63, 3.8) is 0 Å². The first-order chi connectivity index (χ1) is 12.8. The number of aryl methyl sites for hydroxylation is 1. The number of carbonyl (C=O) groups is 1. The first-order valence-corrected chi connectivity index (χ1v) is 9.77. The Hall–Kier alpha value is -3.13. The van der Waals surface area contributed by atoms with Crippen LogP contribution >= 0.6 is 0 Å². The quantitative estimate of drug-likeness (QED) is 0.717. The standard InChI is InChI=1S/C12H11NO3.C7H7NO2S/c1-8-2-3-9-6-10(16-7-12(14)15)4-5-11(9)13-8;9-11(10)5-6-1-3-7(8-11)4-2-6/h2-6H,7H2,1H3,(H,14,15);1-4,8H,5H2. The molecule has 3 aromatic rings. The van der Waals surface area contributed by atoms with E-state index in [0.29, 0.717) is 11.4 Å². The summed E-state index contributed by atoms with van der Waals surface area (Å²) < 4.78 is 29.7. The highest BCUT2D eigenvalue weighted by atomic mass is 32.2. The van der Waals surface area contributed by atoms with E-state index in [-0.39, 0.29) is 12.4 Å². The molecule has 0 radical (unpaired) electrons. The largest absolute Gasteiger partial charge is 0.482 e. The second-order valence-electron chi connectivity index (χ2n) is 6.05. The lowest BCUT2D eigenvalue weighted by atomic mass is 10.2. The smallest absolute Gasteiger partial charge is 0.341 e. The highest BCUT2D eigenvalue weighted by molar-refractivity contribution is 7.91. The van der Waals surface area contributed by atoms with E-state index in [2.05, 4.69) is 9.71 Å². The number of aliphatic carboxylic acids is 1. The van der Waals surface area contributed by atoms with Crippen molar-refractivity contribution in [2.75, 3.05) is 11.3 Å². The number of benzene rings is 2. The summed E-state index contributed by atoms with van der Waals surface area (Å²) in [5, 5.41) is 9.43. The third-order valence-corrected chi connectivity index (χ3v) is 5.01. The Balaban J connectivity index is 0.000000166. The molecule has 0 spiro atoms. The summed E-state index contributed by atoms with van der Waals surface area (Å²) in [6.07, 6.45) is 0. The minimum Gasteiger partial charge on any atom is -0.482 e. The molecule has 2 N–H and O–H groups in total. The van der Waals surface area contributed by atoms with Crippen LogP contribution in [0.3, 0.4) is 0 Å². The lowest BCUT2D eigenvalue weighted by molar-refractivity contribution is -0.139. The zero-order valence-electron chi connectivity index (χ0n) is 14.5. The van der Waals surface area contributed by atoms with Gasteiger partial charge in [-0.2, -0.15) is 0 Å². The number of hydrogen-bond donors (Lipinski definition) is 2. The molecule has 8 heteroatoms. The topological polar surface area (TPSA) is 106 Å². The van der Waals surface area contributed by atoms with E-state index >= 15 is 0 Å². The average molecular weight is 386 g/mol. The van der Waals surface area contributed by atoms with Crippen LogP contribution in [0.4, 0.5) is 5.69 Å². The van der Waals surface area contributed by atoms with Gasteiger partial charge in [-0.3, -0.25) is 9.71 Å². The number of rotatable bonds is 3. The number of hydrogen-bond acceptors (Lipinski definition) is 5. The summed E-state index contributed by atoms with van der Waals surface area (Å²) in [7, 11) is -3.10. The van der Waals surface area contributed by atoms with Gasteiger partial charge in [-0.1, -0.05) is 18.2 Å². The van der Waals surface area contributed by atoms with Gasteiger partial charge in [0.05, 0.1) is 11.3 Å². The van der Waals surface area contributed by atoms with E-state index in [0.717, 1.165) is 22.2 Å². The van der Waals surface area contributed by atoms with E-state index in [1.807, 2.05) is 37.3 Å². The van der Waals surface area contributed by atoms with Crippen LogP contribution in [-0.4, -0.2) is 31.1 Å². The predicted molar refractivity (Wildman–Crippen MR) is 102 cm³/mol. The number of pyridine rings is 1. The second kappa shape index (κ2) is 7.63. The number of ether oxygens (including phenoxy) is 1. The molecule has 2 aliphatic heterocycles. The van der Waals surface area contributed by atoms with Crippen LogP contribution < -0.4 is 9.46 Å². The van der Waals surface area contributed by atoms with Crippen LogP contribution in [0.5, 0.6) is 5.75 Å². The monoisotopic (exact) mass is 386 g/mol. The van der Waals surface area contributed by atoms with Gasteiger partial charge >= 0.3 is 5.97 Å². The predicted octanol–water partition coefficient (Wildman–Crippen LogP) is 2.95. The molecule has 1 aromatic heterocycles. The molecule has 2 aromatic carbocycles. The molecule has 3 heterocycles. The second-order valence-corrected chi connectivity index (χ2v) is 7.77. The van der Waals surface area contributed by atoms with E-state index in [1.54, 1.807) is 24.3 Å². The summed E-state index contributed by atoms with van der Waals surface area (Å²) in [5.74, 6) is -0.355. The van der Waals surface area contributed by atoms with E-state index in [4.69, 9.17) is 9.84 Å². The van der Waals surface area contributed by atoms with Crippen molar-refractivity contribution in [1.29, 1.82) is 0 Å². The van der Waals surface area contributed by atoms with Crippen LogP contribution in [0.15, 0.2) is 54.6 Å². The minimum atomic E-state index is -3.10. The van der Waals surface area contributed by atoms with Crippen LogP contribution in [0.25, 0.3) is 10.9 Å². The molecular formula is C19H18N2O5S. The molecule has 140 valence electrons. The molecular weight excluding hydrogens is 368 g/mol. The molecule has 27 heavy (non-hydrogen) atoms. The number of aromatic nitrogens is 1. The van der Waals surface area contributed by atoms with Crippen molar-refractivity contribution >= 4 is 32.6 Å². The zero-order valence-corrected chi connectivity index (χ0v) is 15.4. The van der Waals surface area contributed by atoms with Gasteiger partial charge < -0.3 is 9.84 Å². The Morgan fingerprint density at radius 2 is 1.89 bits per heavy atom. The molecule has 0 aliphatic carbocycles. The number of carboxylic acids is 1. The number of anilines is 1. The Kier molecular flexibility index (Phi) is 5.27. The van der Waals surface area contributed by atoms with Crippen molar-refractivity contribution in [2.45, 2.75) is 12.7 Å². The SMILES string of the molecule is Cc1ccc2cc(OCC(=O)O)ccc2n1.O=S1(=O)Cc2ccc(cc2)N1. The Morgan fingerprint density at radius 3 is 2.59 bits per heavy atom. The van der Waals surface area contributed by atoms with Crippen molar-refractivity contribution in [1.82, 2.24) is 4.98 Å². The van der Waals surface area contributed by atoms with E-state index in [1.165, 1.54) is 0 Å². The van der Waals surface area contributed by atoms with Gasteiger partial charge in [-0.05, 0) is 48.9 Å². The maximum absolute atomic E-state index is 11.1. The molecule has 2 bridgehead atoms. The lowest BCUT2D eigenvalue weighted by Gasteiger charge is -2.04. The van der Waals surface area contributed by atoms with Crippen molar-refractivity contribution < 1.29 is 23.1 Å². The average Bonchev–Trinajstić information content (AvgIpc) is 2.86. The summed E-state index contributed by atoms with van der Waals surface area (Å²) in [6.45, 7) is 1.60. The van der Waals surface area contributed by atoms with Gasteiger partial charge in [0.15, 0.2) is 6.61 Å². The fourth-order valence-corrected chi connectivity index (χ4v) is 3.74. The minimum absolute atomic E-state index is 0.0868. The highest BCUT2D eigenvalue weighted by Crippen LogP contribution is 2.20. The van der Waals surface area contributed by atoms with Gasteiger partial charge in [0.2, 0.25) is 10.0 Å². The molecule has 0 unspecified atom stereocenters. The van der Waals surface area contributed by atoms with Crippen LogP contribution in [0, 0.1) is 6.92 Å². The first-order valence-electron chi connectivity index (χ1n) is 8.12. The molecule has 0 fully saturated rings. The van der Waals surface area contributed by atoms with Crippen molar-refractivity contribution in [3.05, 3.63) is 65.9 Å². The fraction of sp³-hybridized carbons (Fsp3) is 0.158. The van der Waals surface area contributed by atoms with Crippen LogP contribution in [0.1, 0.15) is 11.3 Å². The van der Waals surface area contributed by atoms with Gasteiger partial charge in [0, 0.05) is 16.8 Å². The molecule has 0 saturated heterocycles. The van der Waals surface area contributed by atoms with Gasteiger partial charge in [-0.25, -0.2) is 13.2 Å². The third-order valence-electron chi connectivity index (χ3n) is 3.75. The summed E-state index contributed by atoms with van der Waals surface area (Å²) in [5.41, 5.74) is 3.30. The van der Waals surface area contributed by atoms with Crippen LogP contribution in [-0.2, 0) is 20.6 Å². The summed E-state index contributed by atoms with van der Waals surface area (Å²) in [4.78, 5) is 14.7. The maximum atomic E-state index is 11.1. The Morgan fingerprint density at radius 1 is 1.15 bits per heavy atom. The van der Waals surface area contributed by atoms with Gasteiger partial charge in [0.25, 0.3) is 0 Å². The highest BCUT2D eigenvalue weighted by Gasteiger charge is 2.15. The zero-order chi connectivity index (χ0) is 19.4. The lowest BCUT2D eigenvalue weighted by Crippen LogP contribution is -2.11.